The number of Topliss-reactive ketones (excluding diaryl/α,β-unsaturated/α-hetero) is 1. The lowest BCUT2D eigenvalue weighted by atomic mass is 9.88. The first-order valence-electron chi connectivity index (χ1n) is 28.2. The van der Waals surface area contributed by atoms with Gasteiger partial charge in [0.2, 0.25) is 18.2 Å². The van der Waals surface area contributed by atoms with Gasteiger partial charge in [-0.3, -0.25) is 48.8 Å². The number of hydrogen-bond donors (Lipinski definition) is 6. The summed E-state index contributed by atoms with van der Waals surface area (Å²) in [4.78, 5) is 92.9. The Morgan fingerprint density at radius 3 is 1.06 bits per heavy atom. The quantitative estimate of drug-likeness (QED) is 0.0773. The maximum absolute atomic E-state index is 10.8. The summed E-state index contributed by atoms with van der Waals surface area (Å²) in [6, 6.07) is 0. The van der Waals surface area contributed by atoms with Crippen LogP contribution in [0, 0.1) is 16.2 Å². The van der Waals surface area contributed by atoms with Crippen molar-refractivity contribution in [1.29, 1.82) is 0 Å². The van der Waals surface area contributed by atoms with Crippen molar-refractivity contribution in [3.8, 4) is 0 Å². The van der Waals surface area contributed by atoms with E-state index in [1.54, 1.807) is 0 Å². The number of oxime groups is 1. The summed E-state index contributed by atoms with van der Waals surface area (Å²) < 4.78 is 18.0. The van der Waals surface area contributed by atoms with E-state index in [1.165, 1.54) is 19.0 Å². The van der Waals surface area contributed by atoms with E-state index in [2.05, 4.69) is 172 Å². The van der Waals surface area contributed by atoms with Gasteiger partial charge in [-0.05, 0) is 0 Å². The monoisotopic (exact) mass is 1220 g/mol. The van der Waals surface area contributed by atoms with Crippen molar-refractivity contribution in [3.05, 3.63) is 85.7 Å². The molecule has 29 nitrogen and oxygen atoms in total. The maximum Gasteiger partial charge on any atom is 0.438 e. The SMILES string of the molecule is CC(C)(C)C1=NCC(=O)C1.CC(C)(C)C1=NCC(=O)N1.CC(C)(C)C1=NOC(=O)C1.CC(C)(C)c1n[nH]c(=O)o1.CC(C)(C)c1ncn[nH]1.CC(C)(C)c1ncn[nH]1.CC(C)(C)c1ncon1.CC(C)(C)c1noc(=O)[nH]1.CC(C)(C)c1noc(=O)[nH]1. The number of carbonyl (C=O) groups excluding carboxylic acids is 3. The molecule has 0 saturated carbocycles. The molecule has 0 saturated heterocycles. The Morgan fingerprint density at radius 2 is 0.897 bits per heavy atom. The van der Waals surface area contributed by atoms with Gasteiger partial charge in [-0.2, -0.15) is 15.2 Å². The van der Waals surface area contributed by atoms with Crippen LogP contribution in [-0.4, -0.2) is 119 Å². The lowest BCUT2D eigenvalue weighted by Crippen LogP contribution is -2.34. The van der Waals surface area contributed by atoms with Gasteiger partial charge in [0.15, 0.2) is 23.3 Å². The van der Waals surface area contributed by atoms with Crippen LogP contribution in [0.3, 0.4) is 0 Å². The topological polar surface area (TPSA) is 408 Å². The molecule has 87 heavy (non-hydrogen) atoms. The Hall–Kier alpha value is -8.14. The van der Waals surface area contributed by atoms with Crippen LogP contribution in [0.2, 0.25) is 0 Å². The number of amidine groups is 1. The first-order chi connectivity index (χ1) is 39.3. The fourth-order valence-electron chi connectivity index (χ4n) is 5.77. The molecule has 6 aromatic rings. The van der Waals surface area contributed by atoms with E-state index in [9.17, 15) is 28.8 Å². The third-order valence-electron chi connectivity index (χ3n) is 11.1. The Kier molecular flexibility index (Phi) is 27.8. The van der Waals surface area contributed by atoms with E-state index >= 15 is 0 Å². The highest BCUT2D eigenvalue weighted by Crippen LogP contribution is 2.24. The number of aromatic amines is 5. The van der Waals surface area contributed by atoms with Gasteiger partial charge in [0.05, 0.1) is 18.7 Å². The lowest BCUT2D eigenvalue weighted by Gasteiger charge is -2.17. The fourth-order valence-corrected chi connectivity index (χ4v) is 5.77. The van der Waals surface area contributed by atoms with Crippen molar-refractivity contribution in [3.63, 3.8) is 0 Å². The minimum Gasteiger partial charge on any atom is -0.392 e. The summed E-state index contributed by atoms with van der Waals surface area (Å²) in [5.74, 6) is 3.55. The molecule has 9 rings (SSSR count). The van der Waals surface area contributed by atoms with Gasteiger partial charge < -0.3 is 19.1 Å². The number of nitrogens with zero attached hydrogens (tertiary/aromatic N) is 12. The Bertz CT molecular complexity index is 2920. The van der Waals surface area contributed by atoms with Crippen LogP contribution in [0.25, 0.3) is 0 Å². The minimum atomic E-state index is -0.495. The van der Waals surface area contributed by atoms with E-state index in [1.807, 2.05) is 125 Å². The smallest absolute Gasteiger partial charge is 0.392 e. The van der Waals surface area contributed by atoms with Crippen molar-refractivity contribution in [1.82, 2.24) is 76.3 Å². The average Bonchev–Trinajstić information content (AvgIpc) is 4.41. The van der Waals surface area contributed by atoms with E-state index in [4.69, 9.17) is 4.42 Å². The molecule has 6 aromatic heterocycles. The molecule has 29 heteroatoms. The second kappa shape index (κ2) is 31.5. The van der Waals surface area contributed by atoms with Crippen molar-refractivity contribution >= 4 is 34.9 Å². The number of aliphatic imine (C=N–C) groups is 2. The Balaban J connectivity index is 0.000000490. The summed E-state index contributed by atoms with van der Waals surface area (Å²) in [5.41, 5.74) is 1.62. The molecule has 0 radical (unpaired) electrons. The van der Waals surface area contributed by atoms with Crippen molar-refractivity contribution in [2.24, 2.45) is 31.4 Å². The maximum atomic E-state index is 10.8. The highest BCUT2D eigenvalue weighted by atomic mass is 16.7. The summed E-state index contributed by atoms with van der Waals surface area (Å²) in [5, 5.41) is 36.2. The van der Waals surface area contributed by atoms with E-state index < -0.39 is 17.3 Å². The zero-order valence-corrected chi connectivity index (χ0v) is 56.4. The molecule has 1 amide bonds. The molecular weight excluding hydrogens is 1120 g/mol. The zero-order valence-electron chi connectivity index (χ0n) is 56.4. The highest BCUT2D eigenvalue weighted by Gasteiger charge is 2.29. The third-order valence-corrected chi connectivity index (χ3v) is 11.1. The van der Waals surface area contributed by atoms with Crippen LogP contribution in [0.1, 0.15) is 235 Å². The molecule has 0 unspecified atom stereocenters. The molecule has 0 fully saturated rings. The van der Waals surface area contributed by atoms with Gasteiger partial charge in [0.1, 0.15) is 36.7 Å². The normalized spacial score (nSPS) is 14.3. The first kappa shape index (κ1) is 76.9. The number of rotatable bonds is 0. The number of carbonyl (C=O) groups is 3. The van der Waals surface area contributed by atoms with Gasteiger partial charge >= 0.3 is 23.2 Å². The van der Waals surface area contributed by atoms with Gasteiger partial charge in [0.25, 0.3) is 0 Å². The number of nitrogens with one attached hydrogen (secondary N) is 6. The minimum absolute atomic E-state index is 0.00456. The molecule has 9 heterocycles. The largest absolute Gasteiger partial charge is 0.438 e. The number of hydrogen-bond acceptors (Lipinski definition) is 23. The van der Waals surface area contributed by atoms with E-state index in [-0.39, 0.29) is 66.4 Å². The van der Waals surface area contributed by atoms with Crippen LogP contribution < -0.4 is 22.6 Å². The van der Waals surface area contributed by atoms with Gasteiger partial charge in [-0.1, -0.05) is 208 Å². The second-order valence-corrected chi connectivity index (χ2v) is 29.3. The predicted octanol–water partition coefficient (Wildman–Crippen LogP) is 8.90. The van der Waals surface area contributed by atoms with Gasteiger partial charge in [-0.15, -0.1) is 5.10 Å². The number of amides is 1. The average molecular weight is 1220 g/mol. The molecule has 0 aromatic carbocycles. The molecule has 6 N–H and O–H groups in total. The molecule has 3 aliphatic rings. The standard InChI is InChI=1S/C8H13NO.C7H12N2O.C7H11NO2.2C6H11N3.3C6H10N2O2.C6H10N2O/c1-8(2,3)7-4-6(10)5-9-7;1-7(2,3)6-8-4-5(10)9-6;1-7(2,3)5-4-6(9)10-8-5;2*1-6(2,3)5-7-4-8-9-5;1-6(2,3)4-7-8-5(9)10-4;2*1-6(2,3)4-7-5(9)10-8-4;1-6(2,3)5-7-4-9-8-5/h4-5H2,1-3H3;4H2,1-3H3,(H,8,9,10);4H2,1-3H3;2*4H,1-3H3,(H,7,8,9);1-3H3,(H,8,9);2*1-3H3,(H,7,8,9);4H,1-3H3. The molecule has 0 aliphatic carbocycles. The molecule has 486 valence electrons. The molecule has 3 aliphatic heterocycles. The van der Waals surface area contributed by atoms with Crippen LogP contribution in [0.5, 0.6) is 0 Å². The summed E-state index contributed by atoms with van der Waals surface area (Å²) >= 11 is 0. The zero-order chi connectivity index (χ0) is 67.4. The van der Waals surface area contributed by atoms with E-state index in [0.29, 0.717) is 43.5 Å². The Labute approximate surface area is 509 Å². The molecule has 0 atom stereocenters. The van der Waals surface area contributed by atoms with Crippen molar-refractivity contribution in [2.45, 2.75) is 232 Å². The lowest BCUT2D eigenvalue weighted by molar-refractivity contribution is -0.140. The van der Waals surface area contributed by atoms with Gasteiger partial charge in [-0.25, -0.2) is 34.2 Å². The second-order valence-electron chi connectivity index (χ2n) is 29.3. The predicted molar refractivity (Wildman–Crippen MR) is 330 cm³/mol. The molecular formula is C58H98N18O11. The summed E-state index contributed by atoms with van der Waals surface area (Å²) in [6.07, 6.45) is 5.33. The number of H-pyrrole nitrogens is 5. The van der Waals surface area contributed by atoms with Crippen LogP contribution in [0.15, 0.2) is 66.6 Å². The third kappa shape index (κ3) is 30.7. The fraction of sp³-hybridized carbons (Fsp3) is 0.690. The first-order valence-corrected chi connectivity index (χ1v) is 28.2. The molecule has 0 spiro atoms. The van der Waals surface area contributed by atoms with Crippen LogP contribution in [-0.2, 0) is 51.7 Å². The summed E-state index contributed by atoms with van der Waals surface area (Å²) in [7, 11) is 0. The van der Waals surface area contributed by atoms with E-state index in [0.717, 1.165) is 34.7 Å². The summed E-state index contributed by atoms with van der Waals surface area (Å²) in [6.45, 7) is 55.2. The number of aromatic nitrogens is 14. The van der Waals surface area contributed by atoms with Gasteiger partial charge in [0, 0.05) is 60.9 Å². The number of ketones is 1. The van der Waals surface area contributed by atoms with Crippen LogP contribution >= 0.6 is 0 Å². The van der Waals surface area contributed by atoms with Crippen LogP contribution in [0.4, 0.5) is 0 Å². The van der Waals surface area contributed by atoms with Crippen molar-refractivity contribution in [2.75, 3.05) is 13.1 Å². The van der Waals surface area contributed by atoms with Crippen molar-refractivity contribution < 1.29 is 37.2 Å². The highest BCUT2D eigenvalue weighted by molar-refractivity contribution is 6.09. The molecule has 0 bridgehead atoms. The Morgan fingerprint density at radius 1 is 0.437 bits per heavy atom.